The fourth-order valence-electron chi connectivity index (χ4n) is 2.00. The van der Waals surface area contributed by atoms with Gasteiger partial charge in [-0.25, -0.2) is 9.78 Å². The molecule has 0 bridgehead atoms. The van der Waals surface area contributed by atoms with Crippen molar-refractivity contribution in [3.8, 4) is 0 Å². The second-order valence-electron chi connectivity index (χ2n) is 4.50. The highest BCUT2D eigenvalue weighted by atomic mass is 16.2. The van der Waals surface area contributed by atoms with Crippen molar-refractivity contribution in [1.82, 2.24) is 14.5 Å². The SMILES string of the molecule is CCCCN(C)C(=O)n1cc(C=O)c2cccnc21. The van der Waals surface area contributed by atoms with Gasteiger partial charge in [0.25, 0.3) is 0 Å². The van der Waals surface area contributed by atoms with Gasteiger partial charge >= 0.3 is 6.03 Å². The average molecular weight is 259 g/mol. The van der Waals surface area contributed by atoms with Crippen LogP contribution in [-0.4, -0.2) is 40.4 Å². The Bertz CT molecular complexity index is 604. The molecular formula is C14H17N3O2. The molecule has 0 fully saturated rings. The minimum absolute atomic E-state index is 0.162. The maximum absolute atomic E-state index is 12.3. The van der Waals surface area contributed by atoms with E-state index < -0.39 is 0 Å². The summed E-state index contributed by atoms with van der Waals surface area (Å²) in [5.41, 5.74) is 1.01. The van der Waals surface area contributed by atoms with Crippen LogP contribution >= 0.6 is 0 Å². The van der Waals surface area contributed by atoms with Crippen LogP contribution < -0.4 is 0 Å². The molecule has 5 heteroatoms. The van der Waals surface area contributed by atoms with Gasteiger partial charge in [0, 0.05) is 36.9 Å². The number of carbonyl (C=O) groups is 2. The van der Waals surface area contributed by atoms with E-state index in [1.54, 1.807) is 36.5 Å². The van der Waals surface area contributed by atoms with Crippen LogP contribution in [0.25, 0.3) is 11.0 Å². The summed E-state index contributed by atoms with van der Waals surface area (Å²) >= 11 is 0. The van der Waals surface area contributed by atoms with E-state index in [0.717, 1.165) is 19.1 Å². The van der Waals surface area contributed by atoms with E-state index in [1.807, 2.05) is 0 Å². The molecule has 0 aliphatic carbocycles. The van der Waals surface area contributed by atoms with Gasteiger partial charge in [0.05, 0.1) is 0 Å². The molecule has 0 atom stereocenters. The van der Waals surface area contributed by atoms with Crippen LogP contribution in [0.3, 0.4) is 0 Å². The van der Waals surface area contributed by atoms with Crippen molar-refractivity contribution in [1.29, 1.82) is 0 Å². The summed E-state index contributed by atoms with van der Waals surface area (Å²) in [6, 6.07) is 3.39. The minimum atomic E-state index is -0.162. The molecular weight excluding hydrogens is 242 g/mol. The first-order valence-electron chi connectivity index (χ1n) is 6.35. The van der Waals surface area contributed by atoms with Gasteiger partial charge in [0.2, 0.25) is 0 Å². The lowest BCUT2D eigenvalue weighted by Crippen LogP contribution is -2.31. The number of hydrogen-bond acceptors (Lipinski definition) is 3. The third-order valence-corrected chi connectivity index (χ3v) is 3.10. The second kappa shape index (κ2) is 5.65. The zero-order chi connectivity index (χ0) is 13.8. The molecule has 0 saturated carbocycles. The maximum atomic E-state index is 12.3. The molecule has 2 aromatic heterocycles. The van der Waals surface area contributed by atoms with Crippen molar-refractivity contribution in [3.63, 3.8) is 0 Å². The summed E-state index contributed by atoms with van der Waals surface area (Å²) in [4.78, 5) is 29.2. The molecule has 1 amide bonds. The van der Waals surface area contributed by atoms with Crippen molar-refractivity contribution in [3.05, 3.63) is 30.1 Å². The molecule has 0 radical (unpaired) electrons. The topological polar surface area (TPSA) is 55.2 Å². The number of aldehydes is 1. The van der Waals surface area contributed by atoms with Gasteiger partial charge in [-0.05, 0) is 18.6 Å². The normalized spacial score (nSPS) is 10.6. The first-order valence-corrected chi connectivity index (χ1v) is 6.35. The molecule has 5 nitrogen and oxygen atoms in total. The second-order valence-corrected chi connectivity index (χ2v) is 4.50. The number of pyridine rings is 1. The van der Waals surface area contributed by atoms with E-state index in [0.29, 0.717) is 23.1 Å². The van der Waals surface area contributed by atoms with Crippen molar-refractivity contribution < 1.29 is 9.59 Å². The Morgan fingerprint density at radius 1 is 1.53 bits per heavy atom. The van der Waals surface area contributed by atoms with Gasteiger partial charge in [-0.2, -0.15) is 0 Å². The monoisotopic (exact) mass is 259 g/mol. The first-order chi connectivity index (χ1) is 9.19. The first kappa shape index (κ1) is 13.3. The van der Waals surface area contributed by atoms with Gasteiger partial charge in [-0.3, -0.25) is 9.36 Å². The number of rotatable bonds is 4. The number of amides is 1. The van der Waals surface area contributed by atoms with Crippen LogP contribution in [0, 0.1) is 0 Å². The summed E-state index contributed by atoms with van der Waals surface area (Å²) in [6.45, 7) is 2.77. The van der Waals surface area contributed by atoms with Crippen LogP contribution in [-0.2, 0) is 0 Å². The zero-order valence-electron chi connectivity index (χ0n) is 11.2. The smallest absolute Gasteiger partial charge is 0.327 e. The molecule has 0 aliphatic heterocycles. The molecule has 2 heterocycles. The van der Waals surface area contributed by atoms with E-state index in [9.17, 15) is 9.59 Å². The number of fused-ring (bicyclic) bond motifs is 1. The number of unbranched alkanes of at least 4 members (excludes halogenated alkanes) is 1. The van der Waals surface area contributed by atoms with E-state index in [-0.39, 0.29) is 6.03 Å². The van der Waals surface area contributed by atoms with Gasteiger partial charge in [0.15, 0.2) is 6.29 Å². The maximum Gasteiger partial charge on any atom is 0.329 e. The Morgan fingerprint density at radius 3 is 3.00 bits per heavy atom. The van der Waals surface area contributed by atoms with E-state index in [2.05, 4.69) is 11.9 Å². The lowest BCUT2D eigenvalue weighted by molar-refractivity contribution is 0.112. The number of hydrogen-bond donors (Lipinski definition) is 0. The molecule has 100 valence electrons. The molecule has 0 spiro atoms. The average Bonchev–Trinajstić information content (AvgIpc) is 2.82. The third-order valence-electron chi connectivity index (χ3n) is 3.10. The largest absolute Gasteiger partial charge is 0.329 e. The summed E-state index contributed by atoms with van der Waals surface area (Å²) in [5, 5.41) is 0.703. The third kappa shape index (κ3) is 2.50. The molecule has 0 aromatic carbocycles. The van der Waals surface area contributed by atoms with Crippen LogP contribution in [0.4, 0.5) is 4.79 Å². The Morgan fingerprint density at radius 2 is 2.32 bits per heavy atom. The molecule has 19 heavy (non-hydrogen) atoms. The number of aromatic nitrogens is 2. The van der Waals surface area contributed by atoms with Crippen molar-refractivity contribution in [2.24, 2.45) is 0 Å². The predicted molar refractivity (Wildman–Crippen MR) is 73.5 cm³/mol. The van der Waals surface area contributed by atoms with Gasteiger partial charge in [-0.15, -0.1) is 0 Å². The summed E-state index contributed by atoms with van der Waals surface area (Å²) in [5.74, 6) is 0. The van der Waals surface area contributed by atoms with Crippen molar-refractivity contribution in [2.45, 2.75) is 19.8 Å². The van der Waals surface area contributed by atoms with E-state index in [1.165, 1.54) is 4.57 Å². The van der Waals surface area contributed by atoms with Crippen LogP contribution in [0.15, 0.2) is 24.5 Å². The van der Waals surface area contributed by atoms with E-state index >= 15 is 0 Å². The summed E-state index contributed by atoms with van der Waals surface area (Å²) in [6.07, 6.45) is 5.90. The minimum Gasteiger partial charge on any atom is -0.327 e. The van der Waals surface area contributed by atoms with Gasteiger partial charge in [-0.1, -0.05) is 13.3 Å². The lowest BCUT2D eigenvalue weighted by atomic mass is 10.2. The number of carbonyl (C=O) groups excluding carboxylic acids is 2. The standard InChI is InChI=1S/C14H17N3O2/c1-3-4-8-16(2)14(19)17-9-11(10-18)12-6-5-7-15-13(12)17/h5-7,9-10H,3-4,8H2,1-2H3. The predicted octanol–water partition coefficient (Wildman–Crippen LogP) is 2.55. The highest BCUT2D eigenvalue weighted by molar-refractivity contribution is 6.00. The highest BCUT2D eigenvalue weighted by Gasteiger charge is 2.16. The zero-order valence-corrected chi connectivity index (χ0v) is 11.2. The highest BCUT2D eigenvalue weighted by Crippen LogP contribution is 2.18. The molecule has 2 aromatic rings. The Balaban J connectivity index is 2.39. The fourth-order valence-corrected chi connectivity index (χ4v) is 2.00. The van der Waals surface area contributed by atoms with E-state index in [4.69, 9.17) is 0 Å². The van der Waals surface area contributed by atoms with Gasteiger partial charge < -0.3 is 4.90 Å². The number of nitrogens with zero attached hydrogens (tertiary/aromatic N) is 3. The molecule has 2 rings (SSSR count). The van der Waals surface area contributed by atoms with Gasteiger partial charge in [0.1, 0.15) is 5.65 Å². The van der Waals surface area contributed by atoms with Crippen LogP contribution in [0.1, 0.15) is 30.1 Å². The van der Waals surface area contributed by atoms with Crippen LogP contribution in [0.2, 0.25) is 0 Å². The Labute approximate surface area is 111 Å². The van der Waals surface area contributed by atoms with Crippen molar-refractivity contribution in [2.75, 3.05) is 13.6 Å². The van der Waals surface area contributed by atoms with Crippen molar-refractivity contribution >= 4 is 23.4 Å². The Hall–Kier alpha value is -2.17. The fraction of sp³-hybridized carbons (Fsp3) is 0.357. The molecule has 0 saturated heterocycles. The quantitative estimate of drug-likeness (QED) is 0.793. The molecule has 0 aliphatic rings. The molecule has 0 unspecified atom stereocenters. The Kier molecular flexibility index (Phi) is 3.94. The lowest BCUT2D eigenvalue weighted by Gasteiger charge is -2.17. The summed E-state index contributed by atoms with van der Waals surface area (Å²) < 4.78 is 1.44. The molecule has 0 N–H and O–H groups in total. The van der Waals surface area contributed by atoms with Crippen LogP contribution in [0.5, 0.6) is 0 Å². The summed E-state index contributed by atoms with van der Waals surface area (Å²) in [7, 11) is 1.76.